The van der Waals surface area contributed by atoms with Crippen molar-refractivity contribution in [3.8, 4) is 5.75 Å². The summed E-state index contributed by atoms with van der Waals surface area (Å²) in [6, 6.07) is 7.68. The van der Waals surface area contributed by atoms with Crippen LogP contribution in [0.2, 0.25) is 0 Å². The Morgan fingerprint density at radius 1 is 1.14 bits per heavy atom. The monoisotopic (exact) mass is 306 g/mol. The number of esters is 1. The molecule has 0 unspecified atom stereocenters. The molecule has 0 amide bonds. The topological polar surface area (TPSA) is 35.5 Å². The van der Waals surface area contributed by atoms with E-state index in [9.17, 15) is 4.79 Å². The Morgan fingerprint density at radius 3 is 2.41 bits per heavy atom. The van der Waals surface area contributed by atoms with Gasteiger partial charge in [-0.1, -0.05) is 25.5 Å². The summed E-state index contributed by atoms with van der Waals surface area (Å²) in [6.45, 7) is 4.10. The van der Waals surface area contributed by atoms with E-state index >= 15 is 0 Å². The maximum absolute atomic E-state index is 11.6. The van der Waals surface area contributed by atoms with Gasteiger partial charge in [0.2, 0.25) is 0 Å². The smallest absolute Gasteiger partial charge is 0.330 e. The van der Waals surface area contributed by atoms with Crippen molar-refractivity contribution in [2.75, 3.05) is 40.9 Å². The van der Waals surface area contributed by atoms with E-state index in [4.69, 9.17) is 9.47 Å². The van der Waals surface area contributed by atoms with Crippen molar-refractivity contribution in [2.24, 2.45) is 0 Å². The SMILES string of the molecule is CCCCOc1ccc(/C=C/C(=O)OCC[N+](C)(C)C)cc1. The molecule has 1 rings (SSSR count). The largest absolute Gasteiger partial charge is 0.494 e. The van der Waals surface area contributed by atoms with Crippen LogP contribution in [0.15, 0.2) is 30.3 Å². The Morgan fingerprint density at radius 2 is 1.82 bits per heavy atom. The predicted octanol–water partition coefficient (Wildman–Crippen LogP) is 3.13. The molecule has 0 bridgehead atoms. The maximum atomic E-state index is 11.6. The zero-order chi connectivity index (χ0) is 16.4. The van der Waals surface area contributed by atoms with E-state index in [1.165, 1.54) is 6.08 Å². The Kier molecular flexibility index (Phi) is 7.67. The van der Waals surface area contributed by atoms with E-state index in [-0.39, 0.29) is 5.97 Å². The number of nitrogens with zero attached hydrogens (tertiary/aromatic N) is 1. The standard InChI is InChI=1S/C18H28NO3/c1-5-6-14-21-17-10-7-16(8-11-17)9-12-18(20)22-15-13-19(2,3)4/h7-12H,5-6,13-15H2,1-4H3/q+1/b12-9+. The van der Waals surface area contributed by atoms with E-state index in [0.29, 0.717) is 6.61 Å². The summed E-state index contributed by atoms with van der Waals surface area (Å²) in [5, 5.41) is 0. The Bertz CT molecular complexity index is 472. The molecule has 1 aromatic rings. The Hall–Kier alpha value is -1.81. The number of quaternary nitrogens is 1. The summed E-state index contributed by atoms with van der Waals surface area (Å²) >= 11 is 0. The molecule has 0 aliphatic carbocycles. The number of carbonyl (C=O) groups excluding carboxylic acids is 1. The van der Waals surface area contributed by atoms with Gasteiger partial charge >= 0.3 is 5.97 Å². The lowest BCUT2D eigenvalue weighted by Crippen LogP contribution is -2.37. The molecule has 0 saturated carbocycles. The summed E-state index contributed by atoms with van der Waals surface area (Å²) in [4.78, 5) is 11.6. The number of rotatable bonds is 9. The molecule has 0 heterocycles. The van der Waals surface area contributed by atoms with Gasteiger partial charge in [-0.3, -0.25) is 0 Å². The van der Waals surface area contributed by atoms with E-state index in [2.05, 4.69) is 28.1 Å². The molecule has 1 aromatic carbocycles. The third-order valence-electron chi connectivity index (χ3n) is 3.07. The molecule has 0 atom stereocenters. The van der Waals surface area contributed by atoms with Crippen molar-refractivity contribution >= 4 is 12.0 Å². The minimum atomic E-state index is -0.309. The summed E-state index contributed by atoms with van der Waals surface area (Å²) in [5.41, 5.74) is 0.950. The fourth-order valence-corrected chi connectivity index (χ4v) is 1.64. The van der Waals surface area contributed by atoms with Crippen LogP contribution in [0.4, 0.5) is 0 Å². The van der Waals surface area contributed by atoms with Crippen molar-refractivity contribution < 1.29 is 18.8 Å². The predicted molar refractivity (Wildman–Crippen MR) is 89.7 cm³/mol. The van der Waals surface area contributed by atoms with Gasteiger partial charge in [0, 0.05) is 6.08 Å². The maximum Gasteiger partial charge on any atom is 0.330 e. The van der Waals surface area contributed by atoms with Crippen LogP contribution in [0, 0.1) is 0 Å². The van der Waals surface area contributed by atoms with Gasteiger partial charge in [-0.15, -0.1) is 0 Å². The van der Waals surface area contributed by atoms with Gasteiger partial charge < -0.3 is 14.0 Å². The average molecular weight is 306 g/mol. The first kappa shape index (κ1) is 18.2. The number of benzene rings is 1. The van der Waals surface area contributed by atoms with Crippen molar-refractivity contribution in [2.45, 2.75) is 19.8 Å². The number of likely N-dealkylation sites (N-methyl/N-ethyl adjacent to an activating group) is 1. The molecule has 0 fully saturated rings. The van der Waals surface area contributed by atoms with Crippen LogP contribution in [0.5, 0.6) is 5.75 Å². The third kappa shape index (κ3) is 8.47. The second-order valence-electron chi connectivity index (χ2n) is 6.29. The fourth-order valence-electron chi connectivity index (χ4n) is 1.64. The van der Waals surface area contributed by atoms with Crippen LogP contribution >= 0.6 is 0 Å². The highest BCUT2D eigenvalue weighted by atomic mass is 16.5. The average Bonchev–Trinajstić information content (AvgIpc) is 2.45. The summed E-state index contributed by atoms with van der Waals surface area (Å²) in [5.74, 6) is 0.549. The van der Waals surface area contributed by atoms with E-state index in [0.717, 1.165) is 41.8 Å². The first-order chi connectivity index (χ1) is 10.4. The number of hydrogen-bond donors (Lipinski definition) is 0. The highest BCUT2D eigenvalue weighted by Gasteiger charge is 2.07. The van der Waals surface area contributed by atoms with Crippen LogP contribution < -0.4 is 4.74 Å². The first-order valence-electron chi connectivity index (χ1n) is 7.79. The molecular formula is C18H28NO3+. The van der Waals surface area contributed by atoms with Gasteiger partial charge in [0.25, 0.3) is 0 Å². The number of unbranched alkanes of at least 4 members (excludes halogenated alkanes) is 1. The van der Waals surface area contributed by atoms with Crippen LogP contribution in [0.25, 0.3) is 6.08 Å². The molecular weight excluding hydrogens is 278 g/mol. The van der Waals surface area contributed by atoms with E-state index < -0.39 is 0 Å². The molecule has 0 aliphatic rings. The van der Waals surface area contributed by atoms with Gasteiger partial charge in [-0.2, -0.15) is 0 Å². The first-order valence-corrected chi connectivity index (χ1v) is 7.79. The minimum Gasteiger partial charge on any atom is -0.494 e. The van der Waals surface area contributed by atoms with Gasteiger partial charge in [0.1, 0.15) is 18.9 Å². The highest BCUT2D eigenvalue weighted by Crippen LogP contribution is 2.13. The van der Waals surface area contributed by atoms with E-state index in [1.54, 1.807) is 6.08 Å². The zero-order valence-electron chi connectivity index (χ0n) is 14.2. The molecule has 0 spiro atoms. The Balaban J connectivity index is 2.37. The normalized spacial score (nSPS) is 11.6. The summed E-state index contributed by atoms with van der Waals surface area (Å²) < 4.78 is 11.5. The Labute approximate surface area is 133 Å². The lowest BCUT2D eigenvalue weighted by molar-refractivity contribution is -0.870. The molecule has 0 radical (unpaired) electrons. The minimum absolute atomic E-state index is 0.309. The van der Waals surface area contributed by atoms with Crippen LogP contribution in [0.3, 0.4) is 0 Å². The van der Waals surface area contributed by atoms with Crippen molar-refractivity contribution in [1.82, 2.24) is 0 Å². The number of hydrogen-bond acceptors (Lipinski definition) is 3. The molecule has 4 heteroatoms. The van der Waals surface area contributed by atoms with Crippen molar-refractivity contribution in [3.05, 3.63) is 35.9 Å². The van der Waals surface area contributed by atoms with E-state index in [1.807, 2.05) is 24.3 Å². The second kappa shape index (κ2) is 9.26. The molecule has 0 saturated heterocycles. The van der Waals surface area contributed by atoms with Gasteiger partial charge in [0.15, 0.2) is 0 Å². The summed E-state index contributed by atoms with van der Waals surface area (Å²) in [7, 11) is 6.19. The zero-order valence-corrected chi connectivity index (χ0v) is 14.2. The van der Waals surface area contributed by atoms with Crippen LogP contribution in [-0.4, -0.2) is 51.4 Å². The highest BCUT2D eigenvalue weighted by molar-refractivity contribution is 5.87. The molecule has 4 nitrogen and oxygen atoms in total. The molecule has 22 heavy (non-hydrogen) atoms. The van der Waals surface area contributed by atoms with Crippen LogP contribution in [0.1, 0.15) is 25.3 Å². The number of carbonyl (C=O) groups is 1. The van der Waals surface area contributed by atoms with Crippen molar-refractivity contribution in [1.29, 1.82) is 0 Å². The fraction of sp³-hybridized carbons (Fsp3) is 0.500. The quantitative estimate of drug-likeness (QED) is 0.304. The van der Waals surface area contributed by atoms with Crippen molar-refractivity contribution in [3.63, 3.8) is 0 Å². The summed E-state index contributed by atoms with van der Waals surface area (Å²) in [6.07, 6.45) is 5.39. The number of ether oxygens (including phenoxy) is 2. The van der Waals surface area contributed by atoms with Gasteiger partial charge in [-0.05, 0) is 30.2 Å². The molecule has 0 aromatic heterocycles. The third-order valence-corrected chi connectivity index (χ3v) is 3.07. The van der Waals surface area contributed by atoms with Gasteiger partial charge in [-0.25, -0.2) is 4.79 Å². The lowest BCUT2D eigenvalue weighted by Gasteiger charge is -2.23. The van der Waals surface area contributed by atoms with Crippen LogP contribution in [-0.2, 0) is 9.53 Å². The second-order valence-corrected chi connectivity index (χ2v) is 6.29. The molecule has 0 N–H and O–H groups in total. The molecule has 122 valence electrons. The molecule has 0 aliphatic heterocycles. The lowest BCUT2D eigenvalue weighted by atomic mass is 10.2. The van der Waals surface area contributed by atoms with Gasteiger partial charge in [0.05, 0.1) is 27.7 Å².